The topological polar surface area (TPSA) is 78.9 Å². The Bertz CT molecular complexity index is 1370. The van der Waals surface area contributed by atoms with Crippen LogP contribution in [-0.2, 0) is 28.6 Å². The normalized spacial score (nSPS) is 12.7. The van der Waals surface area contributed by atoms with Crippen molar-refractivity contribution in [3.05, 3.63) is 85.1 Å². The molecule has 0 bridgehead atoms. The summed E-state index contributed by atoms with van der Waals surface area (Å²) in [4.78, 5) is 38.1. The van der Waals surface area contributed by atoms with Crippen LogP contribution < -0.4 is 0 Å². The monoisotopic (exact) mass is 989 g/mol. The van der Waals surface area contributed by atoms with Gasteiger partial charge in [-0.3, -0.25) is 14.4 Å². The minimum absolute atomic E-state index is 0.0814. The van der Waals surface area contributed by atoms with E-state index < -0.39 is 6.10 Å². The molecule has 0 rings (SSSR count). The molecule has 0 fully saturated rings. The van der Waals surface area contributed by atoms with Crippen molar-refractivity contribution < 1.29 is 28.6 Å². The lowest BCUT2D eigenvalue weighted by Crippen LogP contribution is -2.30. The number of rotatable bonds is 54. The molecule has 0 amide bonds. The van der Waals surface area contributed by atoms with Gasteiger partial charge in [0, 0.05) is 19.3 Å². The third kappa shape index (κ3) is 57.4. The standard InChI is InChI=1S/C65H112O6/c1-4-7-10-13-16-19-22-24-26-27-28-29-30-31-32-33-34-35-36-37-38-39-40-42-43-46-49-52-55-58-64(67)70-61-62(60-69-63(66)57-54-51-48-45-21-18-15-12-9-6-3)71-65(68)59-56-53-50-47-44-41-25-23-20-17-14-11-8-5-2/h7,10,12,15-16,19,23-26,28-29,31-32,62H,4-6,8-9,11,13-14,17-18,20-22,27,30,33-61H2,1-3H3/b10-7-,15-12-,19-16-,25-23-,26-24-,29-28-,32-31-. The van der Waals surface area contributed by atoms with Crippen LogP contribution in [0.15, 0.2) is 85.1 Å². The Morgan fingerprint density at radius 1 is 0.296 bits per heavy atom. The maximum atomic E-state index is 12.8. The van der Waals surface area contributed by atoms with Crippen LogP contribution >= 0.6 is 0 Å². The van der Waals surface area contributed by atoms with Crippen LogP contribution in [0.3, 0.4) is 0 Å². The molecular weight excluding hydrogens is 877 g/mol. The molecule has 1 unspecified atom stereocenters. The molecule has 6 nitrogen and oxygen atoms in total. The zero-order valence-electron chi connectivity index (χ0n) is 46.7. The van der Waals surface area contributed by atoms with Crippen molar-refractivity contribution >= 4 is 17.9 Å². The molecule has 0 N–H and O–H groups in total. The third-order valence-electron chi connectivity index (χ3n) is 12.8. The Kier molecular flexibility index (Phi) is 56.3. The summed E-state index contributed by atoms with van der Waals surface area (Å²) < 4.78 is 16.8. The van der Waals surface area contributed by atoms with E-state index in [-0.39, 0.29) is 31.1 Å². The van der Waals surface area contributed by atoms with Crippen molar-refractivity contribution in [1.29, 1.82) is 0 Å². The van der Waals surface area contributed by atoms with E-state index in [1.807, 2.05) is 0 Å². The molecule has 0 spiro atoms. The average molecular weight is 990 g/mol. The molecule has 0 radical (unpaired) electrons. The van der Waals surface area contributed by atoms with E-state index in [2.05, 4.69) is 106 Å². The largest absolute Gasteiger partial charge is 0.462 e. The molecule has 408 valence electrons. The molecule has 0 aromatic carbocycles. The fourth-order valence-corrected chi connectivity index (χ4v) is 8.35. The maximum absolute atomic E-state index is 12.8. The Balaban J connectivity index is 4.17. The number of carbonyl (C=O) groups excluding carboxylic acids is 3. The first-order valence-electron chi connectivity index (χ1n) is 30.1. The Labute approximate surface area is 439 Å². The first-order chi connectivity index (χ1) is 35.0. The highest BCUT2D eigenvalue weighted by Gasteiger charge is 2.19. The fraction of sp³-hybridized carbons (Fsp3) is 0.738. The average Bonchev–Trinajstić information content (AvgIpc) is 3.37. The summed E-state index contributed by atoms with van der Waals surface area (Å²) in [7, 11) is 0. The predicted octanol–water partition coefficient (Wildman–Crippen LogP) is 20.3. The number of ether oxygens (including phenoxy) is 3. The summed E-state index contributed by atoms with van der Waals surface area (Å²) in [6.07, 6.45) is 77.4. The number of hydrogen-bond donors (Lipinski definition) is 0. The quantitative estimate of drug-likeness (QED) is 0.0261. The molecule has 0 saturated carbocycles. The second kappa shape index (κ2) is 59.2. The number of esters is 3. The molecule has 0 aromatic heterocycles. The summed E-state index contributed by atoms with van der Waals surface area (Å²) in [6.45, 7) is 6.45. The fourth-order valence-electron chi connectivity index (χ4n) is 8.35. The smallest absolute Gasteiger partial charge is 0.306 e. The van der Waals surface area contributed by atoms with Gasteiger partial charge in [0.25, 0.3) is 0 Å². The van der Waals surface area contributed by atoms with Gasteiger partial charge in [-0.05, 0) is 109 Å². The van der Waals surface area contributed by atoms with Gasteiger partial charge in [-0.2, -0.15) is 0 Å². The number of hydrogen-bond acceptors (Lipinski definition) is 6. The summed E-state index contributed by atoms with van der Waals surface area (Å²) in [5.41, 5.74) is 0. The van der Waals surface area contributed by atoms with Gasteiger partial charge in [-0.25, -0.2) is 0 Å². The summed E-state index contributed by atoms with van der Waals surface area (Å²) in [5, 5.41) is 0. The molecule has 0 aromatic rings. The van der Waals surface area contributed by atoms with E-state index in [1.165, 1.54) is 135 Å². The van der Waals surface area contributed by atoms with Gasteiger partial charge in [-0.15, -0.1) is 0 Å². The number of allylic oxidation sites excluding steroid dienone is 14. The van der Waals surface area contributed by atoms with Gasteiger partial charge in [0.1, 0.15) is 13.2 Å². The zero-order chi connectivity index (χ0) is 51.4. The van der Waals surface area contributed by atoms with Crippen molar-refractivity contribution in [2.24, 2.45) is 0 Å². The maximum Gasteiger partial charge on any atom is 0.306 e. The van der Waals surface area contributed by atoms with Crippen LogP contribution in [-0.4, -0.2) is 37.2 Å². The highest BCUT2D eigenvalue weighted by atomic mass is 16.6. The second-order valence-electron chi connectivity index (χ2n) is 19.9. The lowest BCUT2D eigenvalue weighted by Gasteiger charge is -2.18. The van der Waals surface area contributed by atoms with Crippen molar-refractivity contribution in [2.75, 3.05) is 13.2 Å². The first kappa shape index (κ1) is 67.6. The van der Waals surface area contributed by atoms with Crippen molar-refractivity contribution in [3.63, 3.8) is 0 Å². The lowest BCUT2D eigenvalue weighted by molar-refractivity contribution is -0.167. The van der Waals surface area contributed by atoms with Crippen molar-refractivity contribution in [3.8, 4) is 0 Å². The van der Waals surface area contributed by atoms with Crippen molar-refractivity contribution in [1.82, 2.24) is 0 Å². The van der Waals surface area contributed by atoms with Crippen LogP contribution in [0.4, 0.5) is 0 Å². The van der Waals surface area contributed by atoms with Gasteiger partial charge in [0.2, 0.25) is 0 Å². The van der Waals surface area contributed by atoms with Gasteiger partial charge in [0.15, 0.2) is 6.10 Å². The Hall–Kier alpha value is -3.41. The zero-order valence-corrected chi connectivity index (χ0v) is 46.7. The van der Waals surface area contributed by atoms with Gasteiger partial charge in [-0.1, -0.05) is 247 Å². The molecule has 6 heteroatoms. The molecule has 71 heavy (non-hydrogen) atoms. The van der Waals surface area contributed by atoms with Crippen LogP contribution in [0.25, 0.3) is 0 Å². The molecule has 1 atom stereocenters. The third-order valence-corrected chi connectivity index (χ3v) is 12.8. The number of unbranched alkanes of at least 4 members (excludes halogenated alkanes) is 29. The predicted molar refractivity (Wildman–Crippen MR) is 307 cm³/mol. The summed E-state index contributed by atoms with van der Waals surface area (Å²) in [6, 6.07) is 0. The molecule has 0 saturated heterocycles. The van der Waals surface area contributed by atoms with Gasteiger partial charge >= 0.3 is 17.9 Å². The van der Waals surface area contributed by atoms with Crippen LogP contribution in [0, 0.1) is 0 Å². The van der Waals surface area contributed by atoms with Crippen LogP contribution in [0.1, 0.15) is 290 Å². The second-order valence-corrected chi connectivity index (χ2v) is 19.9. The first-order valence-corrected chi connectivity index (χ1v) is 30.1. The number of carbonyl (C=O) groups is 3. The minimum Gasteiger partial charge on any atom is -0.462 e. The van der Waals surface area contributed by atoms with E-state index >= 15 is 0 Å². The van der Waals surface area contributed by atoms with E-state index in [1.54, 1.807) is 0 Å². The van der Waals surface area contributed by atoms with E-state index in [9.17, 15) is 14.4 Å². The van der Waals surface area contributed by atoms with E-state index in [0.29, 0.717) is 19.3 Å². The highest BCUT2D eigenvalue weighted by Crippen LogP contribution is 2.16. The Morgan fingerprint density at radius 3 is 0.930 bits per heavy atom. The minimum atomic E-state index is -0.783. The SMILES string of the molecule is CC/C=C\C/C=C\C/C=C\C/C=C\C/C=C\CCCCCCCCCCCCCCCC(=O)OCC(COC(=O)CCCCCCC/C=C\CCC)OC(=O)CCCCCCC/C=C\CCCCCCC. The van der Waals surface area contributed by atoms with E-state index in [0.717, 1.165) is 116 Å². The Morgan fingerprint density at radius 2 is 0.577 bits per heavy atom. The van der Waals surface area contributed by atoms with Crippen LogP contribution in [0.5, 0.6) is 0 Å². The van der Waals surface area contributed by atoms with E-state index in [4.69, 9.17) is 14.2 Å². The lowest BCUT2D eigenvalue weighted by atomic mass is 10.0. The molecule has 0 aliphatic rings. The molecule has 0 heterocycles. The molecular formula is C65H112O6. The van der Waals surface area contributed by atoms with Gasteiger partial charge < -0.3 is 14.2 Å². The van der Waals surface area contributed by atoms with Gasteiger partial charge in [0.05, 0.1) is 0 Å². The summed E-state index contributed by atoms with van der Waals surface area (Å²) >= 11 is 0. The van der Waals surface area contributed by atoms with Crippen LogP contribution in [0.2, 0.25) is 0 Å². The molecule has 0 aliphatic carbocycles. The molecule has 0 aliphatic heterocycles. The highest BCUT2D eigenvalue weighted by molar-refractivity contribution is 5.71. The summed E-state index contributed by atoms with van der Waals surface area (Å²) in [5.74, 6) is -0.896. The van der Waals surface area contributed by atoms with Crippen molar-refractivity contribution in [2.45, 2.75) is 297 Å².